The molecule has 14 unspecified atom stereocenters. The van der Waals surface area contributed by atoms with Crippen molar-refractivity contribution in [2.45, 2.75) is 192 Å². The Hall–Kier alpha value is -0.520. The lowest BCUT2D eigenvalue weighted by atomic mass is 9.77. The smallest absolute Gasteiger partial charge is 0.161 e. The monoisotopic (exact) mass is 723 g/mol. The molecule has 0 bridgehead atoms. The van der Waals surface area contributed by atoms with E-state index in [4.69, 9.17) is 34.2 Å². The predicted molar refractivity (Wildman–Crippen MR) is 191 cm³/mol. The molecule has 50 heavy (non-hydrogen) atoms. The molecule has 7 N–H and O–H groups in total. The van der Waals surface area contributed by atoms with Crippen molar-refractivity contribution in [2.75, 3.05) is 27.7 Å². The van der Waals surface area contributed by atoms with Crippen molar-refractivity contribution in [1.82, 2.24) is 4.90 Å². The molecule has 0 aliphatic carbocycles. The molecule has 2 aliphatic heterocycles. The molecule has 2 fully saturated rings. The maximum Gasteiger partial charge on any atom is 0.161 e. The summed E-state index contributed by atoms with van der Waals surface area (Å²) in [5.74, 6) is -1.38. The Morgan fingerprint density at radius 3 is 2.10 bits per heavy atom. The van der Waals surface area contributed by atoms with Gasteiger partial charge in [0, 0.05) is 37.8 Å². The molecule has 0 radical (unpaired) electrons. The van der Waals surface area contributed by atoms with Crippen LogP contribution in [0.2, 0.25) is 0 Å². The van der Waals surface area contributed by atoms with Crippen LogP contribution in [-0.4, -0.2) is 143 Å². The highest BCUT2D eigenvalue weighted by molar-refractivity contribution is 4.97. The first kappa shape index (κ1) is 45.6. The van der Waals surface area contributed by atoms with Gasteiger partial charge in [-0.1, -0.05) is 34.6 Å². The topological polar surface area (TPSA) is 186 Å². The lowest BCUT2D eigenvalue weighted by molar-refractivity contribution is -0.319. The Morgan fingerprint density at radius 2 is 1.58 bits per heavy atom. The molecule has 13 nitrogen and oxygen atoms in total. The Bertz CT molecular complexity index is 989. The fourth-order valence-corrected chi connectivity index (χ4v) is 7.88. The summed E-state index contributed by atoms with van der Waals surface area (Å²) in [4.78, 5) is 2.15. The van der Waals surface area contributed by atoms with Gasteiger partial charge in [-0.05, 0) is 86.9 Å². The number of nitrogens with two attached hydrogens (primary N) is 1. The third kappa shape index (κ3) is 11.5. The van der Waals surface area contributed by atoms with Crippen LogP contribution in [0.25, 0.3) is 0 Å². The number of aliphatic hydroxyl groups excluding tert-OH is 3. The van der Waals surface area contributed by atoms with E-state index in [1.54, 1.807) is 34.6 Å². The minimum Gasteiger partial charge on any atom is -0.390 e. The van der Waals surface area contributed by atoms with E-state index >= 15 is 0 Å². The predicted octanol–water partition coefficient (Wildman–Crippen LogP) is 2.76. The highest BCUT2D eigenvalue weighted by Gasteiger charge is 2.50. The molecule has 2 rings (SSSR count). The number of aliphatic hydroxyl groups is 5. The van der Waals surface area contributed by atoms with Gasteiger partial charge in [0.1, 0.15) is 11.7 Å². The molecular formula is C37H74N2O11. The van der Waals surface area contributed by atoms with Crippen LogP contribution in [0.1, 0.15) is 108 Å². The van der Waals surface area contributed by atoms with Crippen LogP contribution in [0, 0.1) is 17.8 Å². The van der Waals surface area contributed by atoms with E-state index < -0.39 is 84.1 Å². The third-order valence-corrected chi connectivity index (χ3v) is 11.4. The van der Waals surface area contributed by atoms with Crippen molar-refractivity contribution in [3.05, 3.63) is 0 Å². The first-order chi connectivity index (χ1) is 23.1. The molecule has 2 saturated heterocycles. The zero-order valence-electron chi connectivity index (χ0n) is 33.2. The van der Waals surface area contributed by atoms with E-state index in [0.717, 1.165) is 6.42 Å². The standard InChI is InChI=1S/C37H74N2O11/c1-14-27(40)37(10,44)28(15-2)48-34(42)24(6)31(49-30-19-36(9,45-13)32(41)25(7)47-30)23(5)33(35(8,43)18-21(3)20-38)50-29-17-26(39(11)12)16-22(4)46-29/h21-34,40-44H,14-20,38H2,1-13H3/t21?,22?,23?,24?,25?,26?,27?,28-,29?,30+,31?,32?,33?,34?,35?,36?,37+/m0/s1. The number of methoxy groups -OCH3 is 1. The molecule has 13 heteroatoms. The van der Waals surface area contributed by atoms with Crippen LogP contribution < -0.4 is 5.73 Å². The quantitative estimate of drug-likeness (QED) is 0.101. The molecule has 0 amide bonds. The van der Waals surface area contributed by atoms with Crippen LogP contribution in [-0.2, 0) is 28.4 Å². The number of hydrogen-bond donors (Lipinski definition) is 6. The van der Waals surface area contributed by atoms with E-state index in [-0.39, 0.29) is 24.5 Å². The molecule has 0 spiro atoms. The molecule has 17 atom stereocenters. The molecular weight excluding hydrogens is 648 g/mol. The van der Waals surface area contributed by atoms with Crippen LogP contribution in [0.4, 0.5) is 0 Å². The zero-order chi connectivity index (χ0) is 38.4. The third-order valence-electron chi connectivity index (χ3n) is 11.4. The summed E-state index contributed by atoms with van der Waals surface area (Å²) in [6, 6.07) is 0.210. The summed E-state index contributed by atoms with van der Waals surface area (Å²) in [5, 5.41) is 56.7. The first-order valence-electron chi connectivity index (χ1n) is 18.8. The Labute approximate surface area is 302 Å². The summed E-state index contributed by atoms with van der Waals surface area (Å²) < 4.78 is 37.9. The van der Waals surface area contributed by atoms with Gasteiger partial charge < -0.3 is 64.6 Å². The molecule has 0 saturated carbocycles. The largest absolute Gasteiger partial charge is 0.390 e. The summed E-state index contributed by atoms with van der Waals surface area (Å²) in [6.07, 6.45) is -5.64. The van der Waals surface area contributed by atoms with Crippen molar-refractivity contribution < 1.29 is 54.0 Å². The number of nitrogens with zero attached hydrogens (tertiary/aromatic N) is 1. The van der Waals surface area contributed by atoms with E-state index in [9.17, 15) is 25.5 Å². The summed E-state index contributed by atoms with van der Waals surface area (Å²) in [6.45, 7) is 18.4. The van der Waals surface area contributed by atoms with Crippen molar-refractivity contribution in [2.24, 2.45) is 23.5 Å². The lowest BCUT2D eigenvalue weighted by Gasteiger charge is -2.49. The van der Waals surface area contributed by atoms with Gasteiger partial charge in [0.05, 0.1) is 47.8 Å². The van der Waals surface area contributed by atoms with Gasteiger partial charge in [0.2, 0.25) is 0 Å². The fourth-order valence-electron chi connectivity index (χ4n) is 7.88. The maximum atomic E-state index is 12.2. The van der Waals surface area contributed by atoms with Gasteiger partial charge >= 0.3 is 0 Å². The second kappa shape index (κ2) is 19.2. The van der Waals surface area contributed by atoms with E-state index in [1.165, 1.54) is 14.0 Å². The number of ether oxygens (including phenoxy) is 6. The second-order valence-electron chi connectivity index (χ2n) is 16.3. The number of hydrogen-bond acceptors (Lipinski definition) is 13. The minimum absolute atomic E-state index is 0.0290. The van der Waals surface area contributed by atoms with Gasteiger partial charge in [-0.15, -0.1) is 0 Å². The van der Waals surface area contributed by atoms with Crippen molar-refractivity contribution >= 4 is 0 Å². The minimum atomic E-state index is -1.63. The van der Waals surface area contributed by atoms with Crippen LogP contribution >= 0.6 is 0 Å². The first-order valence-corrected chi connectivity index (χ1v) is 18.8. The molecule has 298 valence electrons. The van der Waals surface area contributed by atoms with Crippen LogP contribution in [0.5, 0.6) is 0 Å². The number of rotatable bonds is 20. The van der Waals surface area contributed by atoms with Crippen molar-refractivity contribution in [1.29, 1.82) is 0 Å². The molecule has 2 heterocycles. The maximum absolute atomic E-state index is 12.2. The summed E-state index contributed by atoms with van der Waals surface area (Å²) in [5.41, 5.74) is 2.03. The SMILES string of the molecule is CCC(O)[C@@](C)(O)[C@H](CC)OC(O)C(C)C(O[C@@H]1CC(C)(OC)C(O)C(C)O1)C(C)C(OC1CC(N(C)C)CC(C)O1)C(C)(O)CC(C)CN. The lowest BCUT2D eigenvalue weighted by Crippen LogP contribution is -2.59. The fraction of sp³-hybridized carbons (Fsp3) is 1.00. The van der Waals surface area contributed by atoms with Crippen molar-refractivity contribution in [3.8, 4) is 0 Å². The zero-order valence-corrected chi connectivity index (χ0v) is 33.2. The van der Waals surface area contributed by atoms with Crippen LogP contribution in [0.15, 0.2) is 0 Å². The Kier molecular flexibility index (Phi) is 17.5. The van der Waals surface area contributed by atoms with E-state index in [1.807, 2.05) is 41.8 Å². The normalized spacial score (nSPS) is 35.3. The highest BCUT2D eigenvalue weighted by Crippen LogP contribution is 2.40. The van der Waals surface area contributed by atoms with Gasteiger partial charge in [-0.3, -0.25) is 0 Å². The molecule has 2 aliphatic rings. The van der Waals surface area contributed by atoms with Crippen LogP contribution in [0.3, 0.4) is 0 Å². The van der Waals surface area contributed by atoms with Gasteiger partial charge in [0.15, 0.2) is 18.9 Å². The second-order valence-corrected chi connectivity index (χ2v) is 16.3. The van der Waals surface area contributed by atoms with E-state index in [0.29, 0.717) is 32.2 Å². The Morgan fingerprint density at radius 1 is 0.960 bits per heavy atom. The summed E-state index contributed by atoms with van der Waals surface area (Å²) >= 11 is 0. The van der Waals surface area contributed by atoms with E-state index in [2.05, 4.69) is 4.90 Å². The average Bonchev–Trinajstić information content (AvgIpc) is 3.05. The van der Waals surface area contributed by atoms with Crippen molar-refractivity contribution in [3.63, 3.8) is 0 Å². The van der Waals surface area contributed by atoms with Gasteiger partial charge in [-0.2, -0.15) is 0 Å². The Balaban J connectivity index is 2.59. The van der Waals surface area contributed by atoms with Gasteiger partial charge in [-0.25, -0.2) is 0 Å². The summed E-state index contributed by atoms with van der Waals surface area (Å²) in [7, 11) is 5.59. The van der Waals surface area contributed by atoms with Gasteiger partial charge in [0.25, 0.3) is 0 Å². The highest BCUT2D eigenvalue weighted by atomic mass is 16.7. The molecule has 0 aromatic rings. The molecule has 0 aromatic heterocycles. The average molecular weight is 723 g/mol. The molecule has 0 aromatic carbocycles.